The molecule has 1 amide bonds. The molecule has 3 rings (SSSR count). The fraction of sp³-hybridized carbons (Fsp3) is 0.158. The van der Waals surface area contributed by atoms with E-state index in [0.29, 0.717) is 12.1 Å². The normalized spacial score (nSPS) is 11.9. The van der Waals surface area contributed by atoms with Gasteiger partial charge in [0.2, 0.25) is 0 Å². The summed E-state index contributed by atoms with van der Waals surface area (Å²) in [7, 11) is 0. The molecule has 3 aromatic rings. The van der Waals surface area contributed by atoms with Crippen molar-refractivity contribution in [3.8, 4) is 11.1 Å². The number of carbonyl (C=O) groups is 1. The van der Waals surface area contributed by atoms with E-state index in [-0.39, 0.29) is 11.9 Å². The molecule has 0 fully saturated rings. The third kappa shape index (κ3) is 3.66. The second-order valence-electron chi connectivity index (χ2n) is 5.55. The van der Waals surface area contributed by atoms with Crippen LogP contribution in [0, 0.1) is 0 Å². The van der Waals surface area contributed by atoms with Crippen molar-refractivity contribution in [2.45, 2.75) is 19.5 Å². The van der Waals surface area contributed by atoms with Crippen molar-refractivity contribution in [2.75, 3.05) is 0 Å². The van der Waals surface area contributed by atoms with Crippen LogP contribution >= 0.6 is 0 Å². The largest absolute Gasteiger partial charge is 0.348 e. The molecule has 0 saturated heterocycles. The number of hydrogen-bond donors (Lipinski definition) is 1. The Morgan fingerprint density at radius 3 is 2.61 bits per heavy atom. The number of benzene rings is 2. The molecule has 0 radical (unpaired) electrons. The highest BCUT2D eigenvalue weighted by Crippen LogP contribution is 2.23. The summed E-state index contributed by atoms with van der Waals surface area (Å²) in [6.07, 6.45) is 5.38. The molecule has 2 aromatic carbocycles. The third-order valence-corrected chi connectivity index (χ3v) is 3.68. The topological polar surface area (TPSA) is 46.9 Å². The maximum Gasteiger partial charge on any atom is 0.252 e. The van der Waals surface area contributed by atoms with Crippen molar-refractivity contribution >= 4 is 5.91 Å². The molecular formula is C19H19N3O. The van der Waals surface area contributed by atoms with E-state index in [0.717, 1.165) is 11.1 Å². The predicted molar refractivity (Wildman–Crippen MR) is 91.0 cm³/mol. The molecule has 116 valence electrons. The Morgan fingerprint density at radius 2 is 1.87 bits per heavy atom. The van der Waals surface area contributed by atoms with Crippen LogP contribution in [-0.2, 0) is 6.54 Å². The van der Waals surface area contributed by atoms with Gasteiger partial charge in [-0.1, -0.05) is 48.5 Å². The Morgan fingerprint density at radius 1 is 1.13 bits per heavy atom. The summed E-state index contributed by atoms with van der Waals surface area (Å²) in [5.41, 5.74) is 2.68. The first-order chi connectivity index (χ1) is 11.2. The standard InChI is InChI=1S/C19H19N3O/c1-15(13-22-12-11-20-14-22)21-19(23)18-10-6-5-9-17(18)16-7-3-2-4-8-16/h2-12,14-15H,13H2,1H3,(H,21,23)/t15-/m1/s1. The number of nitrogens with one attached hydrogen (secondary N) is 1. The molecule has 1 atom stereocenters. The van der Waals surface area contributed by atoms with Gasteiger partial charge in [0.1, 0.15) is 0 Å². The summed E-state index contributed by atoms with van der Waals surface area (Å²) in [5, 5.41) is 3.06. The molecule has 0 unspecified atom stereocenters. The first kappa shape index (κ1) is 15.0. The van der Waals surface area contributed by atoms with Crippen molar-refractivity contribution in [3.05, 3.63) is 78.9 Å². The van der Waals surface area contributed by atoms with Gasteiger partial charge >= 0.3 is 0 Å². The summed E-state index contributed by atoms with van der Waals surface area (Å²) < 4.78 is 1.95. The van der Waals surface area contributed by atoms with Crippen molar-refractivity contribution in [1.29, 1.82) is 0 Å². The van der Waals surface area contributed by atoms with Gasteiger partial charge in [-0.3, -0.25) is 4.79 Å². The third-order valence-electron chi connectivity index (χ3n) is 3.68. The lowest BCUT2D eigenvalue weighted by Gasteiger charge is -2.16. The minimum atomic E-state index is -0.0583. The molecule has 1 heterocycles. The van der Waals surface area contributed by atoms with E-state index in [9.17, 15) is 4.79 Å². The molecule has 1 aromatic heterocycles. The number of nitrogens with zero attached hydrogens (tertiary/aromatic N) is 2. The molecule has 0 spiro atoms. The van der Waals surface area contributed by atoms with Crippen LogP contribution in [0.2, 0.25) is 0 Å². The van der Waals surface area contributed by atoms with Crippen LogP contribution in [0.25, 0.3) is 11.1 Å². The van der Waals surface area contributed by atoms with E-state index in [4.69, 9.17) is 0 Å². The average molecular weight is 305 g/mol. The van der Waals surface area contributed by atoms with Crippen LogP contribution in [0.5, 0.6) is 0 Å². The summed E-state index contributed by atoms with van der Waals surface area (Å²) in [4.78, 5) is 16.7. The van der Waals surface area contributed by atoms with E-state index in [1.807, 2.05) is 72.3 Å². The number of hydrogen-bond acceptors (Lipinski definition) is 2. The van der Waals surface area contributed by atoms with E-state index in [1.54, 1.807) is 12.5 Å². The number of rotatable bonds is 5. The molecule has 0 aliphatic rings. The van der Waals surface area contributed by atoms with Gasteiger partial charge in [-0.15, -0.1) is 0 Å². The van der Waals surface area contributed by atoms with Crippen molar-refractivity contribution in [3.63, 3.8) is 0 Å². The highest BCUT2D eigenvalue weighted by molar-refractivity contribution is 6.01. The average Bonchev–Trinajstić information content (AvgIpc) is 3.08. The number of imidazole rings is 1. The van der Waals surface area contributed by atoms with Gasteiger partial charge in [-0.25, -0.2) is 4.98 Å². The molecule has 0 saturated carbocycles. The Balaban J connectivity index is 1.77. The van der Waals surface area contributed by atoms with E-state index in [2.05, 4.69) is 10.3 Å². The highest BCUT2D eigenvalue weighted by atomic mass is 16.1. The van der Waals surface area contributed by atoms with Gasteiger partial charge in [0.15, 0.2) is 0 Å². The first-order valence-corrected chi connectivity index (χ1v) is 7.65. The number of amides is 1. The van der Waals surface area contributed by atoms with Gasteiger partial charge < -0.3 is 9.88 Å². The maximum atomic E-state index is 12.6. The lowest BCUT2D eigenvalue weighted by atomic mass is 9.99. The van der Waals surface area contributed by atoms with Crippen LogP contribution < -0.4 is 5.32 Å². The summed E-state index contributed by atoms with van der Waals surface area (Å²) in [6, 6.07) is 17.7. The predicted octanol–water partition coefficient (Wildman–Crippen LogP) is 3.37. The summed E-state index contributed by atoms with van der Waals surface area (Å²) in [5.74, 6) is -0.0583. The van der Waals surface area contributed by atoms with Gasteiger partial charge in [-0.2, -0.15) is 0 Å². The monoisotopic (exact) mass is 305 g/mol. The second kappa shape index (κ2) is 6.92. The molecule has 4 heteroatoms. The fourth-order valence-electron chi connectivity index (χ4n) is 2.61. The van der Waals surface area contributed by atoms with E-state index < -0.39 is 0 Å². The zero-order valence-corrected chi connectivity index (χ0v) is 13.0. The smallest absolute Gasteiger partial charge is 0.252 e. The molecule has 4 nitrogen and oxygen atoms in total. The summed E-state index contributed by atoms with van der Waals surface area (Å²) >= 11 is 0. The van der Waals surface area contributed by atoms with E-state index >= 15 is 0 Å². The van der Waals surface area contributed by atoms with Crippen LogP contribution in [0.15, 0.2) is 73.3 Å². The molecule has 23 heavy (non-hydrogen) atoms. The van der Waals surface area contributed by atoms with Crippen molar-refractivity contribution in [1.82, 2.24) is 14.9 Å². The van der Waals surface area contributed by atoms with Gasteiger partial charge in [0.05, 0.1) is 6.33 Å². The molecule has 0 bridgehead atoms. The number of carbonyl (C=O) groups excluding carboxylic acids is 1. The Labute approximate surface area is 135 Å². The molecule has 0 aliphatic heterocycles. The van der Waals surface area contributed by atoms with Gasteiger partial charge in [0, 0.05) is 30.5 Å². The maximum absolute atomic E-state index is 12.6. The first-order valence-electron chi connectivity index (χ1n) is 7.65. The summed E-state index contributed by atoms with van der Waals surface area (Å²) in [6.45, 7) is 2.68. The Hall–Kier alpha value is -2.88. The van der Waals surface area contributed by atoms with Gasteiger partial charge in [-0.05, 0) is 24.1 Å². The molecule has 0 aliphatic carbocycles. The molecule has 1 N–H and O–H groups in total. The van der Waals surface area contributed by atoms with Crippen molar-refractivity contribution in [2.24, 2.45) is 0 Å². The van der Waals surface area contributed by atoms with Crippen LogP contribution in [-0.4, -0.2) is 21.5 Å². The highest BCUT2D eigenvalue weighted by Gasteiger charge is 2.14. The lowest BCUT2D eigenvalue weighted by molar-refractivity contribution is 0.0937. The Bertz CT molecular complexity index is 766. The zero-order valence-electron chi connectivity index (χ0n) is 13.0. The van der Waals surface area contributed by atoms with E-state index in [1.165, 1.54) is 0 Å². The van der Waals surface area contributed by atoms with Gasteiger partial charge in [0.25, 0.3) is 5.91 Å². The zero-order chi connectivity index (χ0) is 16.1. The lowest BCUT2D eigenvalue weighted by Crippen LogP contribution is -2.35. The quantitative estimate of drug-likeness (QED) is 0.785. The fourth-order valence-corrected chi connectivity index (χ4v) is 2.61. The minimum Gasteiger partial charge on any atom is -0.348 e. The van der Waals surface area contributed by atoms with Crippen LogP contribution in [0.3, 0.4) is 0 Å². The minimum absolute atomic E-state index is 0.0144. The van der Waals surface area contributed by atoms with Crippen LogP contribution in [0.1, 0.15) is 17.3 Å². The Kier molecular flexibility index (Phi) is 4.52. The molecular weight excluding hydrogens is 286 g/mol. The van der Waals surface area contributed by atoms with Crippen LogP contribution in [0.4, 0.5) is 0 Å². The SMILES string of the molecule is C[C@H](Cn1ccnc1)NC(=O)c1ccccc1-c1ccccc1. The number of aromatic nitrogens is 2. The second-order valence-corrected chi connectivity index (χ2v) is 5.55. The van der Waals surface area contributed by atoms with Crippen molar-refractivity contribution < 1.29 is 4.79 Å².